The van der Waals surface area contributed by atoms with E-state index in [2.05, 4.69) is 95.7 Å². The van der Waals surface area contributed by atoms with Gasteiger partial charge in [-0.25, -0.2) is 15.0 Å². The van der Waals surface area contributed by atoms with E-state index in [0.717, 1.165) is 0 Å². The maximum absolute atomic E-state index is 13.0. The fourth-order valence-corrected chi connectivity index (χ4v) is 8.85. The summed E-state index contributed by atoms with van der Waals surface area (Å²) in [6.07, 6.45) is 1.84. The maximum Gasteiger partial charge on any atom is 0.256 e. The lowest BCUT2D eigenvalue weighted by atomic mass is 10.1. The van der Waals surface area contributed by atoms with Crippen molar-refractivity contribution >= 4 is 40.7 Å². The van der Waals surface area contributed by atoms with Gasteiger partial charge in [-0.1, -0.05) is 39.0 Å². The summed E-state index contributed by atoms with van der Waals surface area (Å²) in [5.74, 6) is 0.0690. The fraction of sp³-hybridized carbons (Fsp3) is 0.613. The summed E-state index contributed by atoms with van der Waals surface area (Å²) >= 11 is 0. The third-order valence-corrected chi connectivity index (χ3v) is 15.2. The van der Waals surface area contributed by atoms with Crippen LogP contribution in [0.15, 0.2) is 43.0 Å². The molecule has 12 heteroatoms. The van der Waals surface area contributed by atoms with E-state index in [1.54, 1.807) is 18.5 Å². The first-order chi connectivity index (χ1) is 19.8. The number of aromatic nitrogens is 4. The molecule has 2 fully saturated rings. The lowest BCUT2D eigenvalue weighted by Gasteiger charge is -2.41. The normalized spacial score (nSPS) is 26.9. The SMILES string of the molecule is CC(C)(C)OC1[SiH2][C@@]12O[C@@H](n1cnc3c(NC(=O)c4ccccc4)ncnc31)[C@H](O[Si](C)(C)C(C)(C)C)[C@@H]2OC(C)(C)C. The quantitative estimate of drug-likeness (QED) is 0.357. The number of benzene rings is 1. The fourth-order valence-electron chi connectivity index (χ4n) is 5.31. The molecule has 2 aromatic heterocycles. The Hall–Kier alpha value is -2.49. The van der Waals surface area contributed by atoms with Crippen molar-refractivity contribution in [2.45, 2.75) is 121 Å². The summed E-state index contributed by atoms with van der Waals surface area (Å²) in [6, 6.07) is 9.03. The monoisotopic (exact) mass is 625 g/mol. The molecule has 2 aliphatic heterocycles. The van der Waals surface area contributed by atoms with Gasteiger partial charge in [0.2, 0.25) is 0 Å². The van der Waals surface area contributed by atoms with Gasteiger partial charge in [-0.15, -0.1) is 0 Å². The zero-order valence-corrected chi connectivity index (χ0v) is 29.8. The third kappa shape index (κ3) is 6.50. The lowest BCUT2D eigenvalue weighted by Crippen LogP contribution is -2.51. The number of carbonyl (C=O) groups is 1. The lowest BCUT2D eigenvalue weighted by molar-refractivity contribution is -0.139. The molecule has 1 unspecified atom stereocenters. The van der Waals surface area contributed by atoms with Crippen LogP contribution in [0.1, 0.15) is 78.9 Å². The third-order valence-electron chi connectivity index (χ3n) is 8.40. The van der Waals surface area contributed by atoms with E-state index < -0.39 is 41.0 Å². The zero-order valence-electron chi connectivity index (χ0n) is 27.4. The Labute approximate surface area is 258 Å². The number of hydrogen-bond acceptors (Lipinski definition) is 8. The van der Waals surface area contributed by atoms with Crippen LogP contribution in [0.3, 0.4) is 0 Å². The molecule has 1 spiro atoms. The molecule has 3 aromatic rings. The summed E-state index contributed by atoms with van der Waals surface area (Å²) in [6.45, 7) is 23.7. The standard InChI is InChI=1S/C31H47N5O5Si2/c1-28(2,3)38-22-21(41-43(10,11)30(7,8)9)26(39-31(22)27(42-31)40-29(4,5)6)36-18-34-20-23(32-17-33-24(20)36)35-25(37)19-15-13-12-14-16-19/h12-18,21-22,26-27H,42H2,1-11H3,(H,32,33,35,37)/t21-,22+,26-,27?,31-/m1/s1. The topological polar surface area (TPSA) is 110 Å². The van der Waals surface area contributed by atoms with Crippen LogP contribution >= 0.6 is 0 Å². The second-order valence-corrected chi connectivity index (χ2v) is 22.3. The summed E-state index contributed by atoms with van der Waals surface area (Å²) in [5, 5.41) is 2.33. The number of nitrogens with zero attached hydrogens (tertiary/aromatic N) is 4. The summed E-state index contributed by atoms with van der Waals surface area (Å²) in [7, 11) is -3.14. The number of rotatable bonds is 7. The number of amides is 1. The average Bonchev–Trinajstić information content (AvgIpc) is 3.22. The Morgan fingerprint density at radius 2 is 1.63 bits per heavy atom. The first kappa shape index (κ1) is 31.9. The molecule has 234 valence electrons. The van der Waals surface area contributed by atoms with Crippen molar-refractivity contribution in [3.8, 4) is 0 Å². The average molecular weight is 626 g/mol. The highest BCUT2D eigenvalue weighted by Gasteiger charge is 2.73. The van der Waals surface area contributed by atoms with E-state index in [1.165, 1.54) is 6.33 Å². The Kier molecular flexibility index (Phi) is 8.05. The molecule has 5 rings (SSSR count). The first-order valence-corrected chi connectivity index (χ1v) is 19.5. The highest BCUT2D eigenvalue weighted by Crippen LogP contribution is 2.54. The molecule has 10 nitrogen and oxygen atoms in total. The number of hydrogen-bond donors (Lipinski definition) is 1. The van der Waals surface area contributed by atoms with Crippen LogP contribution in [0.2, 0.25) is 18.1 Å². The van der Waals surface area contributed by atoms with Crippen molar-refractivity contribution in [2.75, 3.05) is 5.32 Å². The van der Waals surface area contributed by atoms with E-state index in [4.69, 9.17) is 18.6 Å². The van der Waals surface area contributed by atoms with Crippen LogP contribution in [0.4, 0.5) is 5.82 Å². The van der Waals surface area contributed by atoms with E-state index >= 15 is 0 Å². The van der Waals surface area contributed by atoms with Gasteiger partial charge in [0.1, 0.15) is 33.3 Å². The predicted molar refractivity (Wildman–Crippen MR) is 172 cm³/mol. The van der Waals surface area contributed by atoms with Gasteiger partial charge < -0.3 is 24.0 Å². The molecular weight excluding hydrogens is 579 g/mol. The predicted octanol–water partition coefficient (Wildman–Crippen LogP) is 5.20. The van der Waals surface area contributed by atoms with Gasteiger partial charge in [-0.2, -0.15) is 0 Å². The van der Waals surface area contributed by atoms with Gasteiger partial charge in [0.25, 0.3) is 5.91 Å². The maximum atomic E-state index is 13.0. The zero-order chi connectivity index (χ0) is 31.6. The highest BCUT2D eigenvalue weighted by atomic mass is 28.4. The number of nitrogens with one attached hydrogen (secondary N) is 1. The van der Waals surface area contributed by atoms with Crippen molar-refractivity contribution < 1.29 is 23.4 Å². The van der Waals surface area contributed by atoms with Gasteiger partial charge in [0, 0.05) is 5.56 Å². The second kappa shape index (κ2) is 10.8. The van der Waals surface area contributed by atoms with E-state index in [1.807, 2.05) is 22.8 Å². The Bertz CT molecular complexity index is 1480. The number of anilines is 1. The van der Waals surface area contributed by atoms with Crippen molar-refractivity contribution in [2.24, 2.45) is 0 Å². The molecule has 5 atom stereocenters. The van der Waals surface area contributed by atoms with Gasteiger partial charge in [-0.05, 0) is 71.8 Å². The van der Waals surface area contributed by atoms with Crippen molar-refractivity contribution in [1.29, 1.82) is 0 Å². The number of ether oxygens (including phenoxy) is 3. The van der Waals surface area contributed by atoms with Crippen LogP contribution in [-0.2, 0) is 18.6 Å². The summed E-state index contributed by atoms with van der Waals surface area (Å²) in [5.41, 5.74) is 0.803. The van der Waals surface area contributed by atoms with Gasteiger partial charge >= 0.3 is 0 Å². The molecule has 0 aliphatic carbocycles. The number of imidazole rings is 1. The number of carbonyl (C=O) groups excluding carboxylic acids is 1. The van der Waals surface area contributed by atoms with Gasteiger partial charge in [0.15, 0.2) is 31.5 Å². The van der Waals surface area contributed by atoms with Crippen molar-refractivity contribution in [1.82, 2.24) is 19.5 Å². The molecule has 0 radical (unpaired) electrons. The second-order valence-electron chi connectivity index (χ2n) is 15.2. The molecule has 2 aliphatic rings. The van der Waals surface area contributed by atoms with Crippen LogP contribution in [0, 0.1) is 0 Å². The molecule has 43 heavy (non-hydrogen) atoms. The summed E-state index contributed by atoms with van der Waals surface area (Å²) < 4.78 is 29.6. The molecule has 0 bridgehead atoms. The first-order valence-electron chi connectivity index (χ1n) is 15.1. The molecule has 0 saturated carbocycles. The Balaban J connectivity index is 1.57. The van der Waals surface area contributed by atoms with Crippen LogP contribution in [-0.4, -0.2) is 77.6 Å². The number of fused-ring (bicyclic) bond motifs is 1. The molecule has 1 N–H and O–H groups in total. The Morgan fingerprint density at radius 3 is 2.23 bits per heavy atom. The molecule has 1 amide bonds. The van der Waals surface area contributed by atoms with Crippen LogP contribution < -0.4 is 5.32 Å². The van der Waals surface area contributed by atoms with E-state index in [0.29, 0.717) is 22.5 Å². The molecule has 1 aromatic carbocycles. The van der Waals surface area contributed by atoms with Crippen molar-refractivity contribution in [3.05, 3.63) is 48.5 Å². The minimum absolute atomic E-state index is 0.0134. The molecular formula is C31H47N5O5Si2. The largest absolute Gasteiger partial charge is 0.407 e. The van der Waals surface area contributed by atoms with Gasteiger partial charge in [-0.3, -0.25) is 9.36 Å². The van der Waals surface area contributed by atoms with Crippen LogP contribution in [0.5, 0.6) is 0 Å². The van der Waals surface area contributed by atoms with Gasteiger partial charge in [0.05, 0.1) is 23.3 Å². The van der Waals surface area contributed by atoms with E-state index in [9.17, 15) is 4.79 Å². The van der Waals surface area contributed by atoms with Crippen molar-refractivity contribution in [3.63, 3.8) is 0 Å². The minimum Gasteiger partial charge on any atom is -0.407 e. The Morgan fingerprint density at radius 1 is 0.977 bits per heavy atom. The smallest absolute Gasteiger partial charge is 0.256 e. The van der Waals surface area contributed by atoms with Crippen LogP contribution in [0.25, 0.3) is 11.2 Å². The summed E-state index contributed by atoms with van der Waals surface area (Å²) in [4.78, 5) is 26.6. The molecule has 2 saturated heterocycles. The highest BCUT2D eigenvalue weighted by molar-refractivity contribution is 6.74. The minimum atomic E-state index is -2.29. The van der Waals surface area contributed by atoms with E-state index in [-0.39, 0.29) is 28.4 Å². The molecule has 4 heterocycles.